The Hall–Kier alpha value is -2.19. The highest BCUT2D eigenvalue weighted by Crippen LogP contribution is 2.29. The van der Waals surface area contributed by atoms with E-state index in [1.807, 2.05) is 5.38 Å². The van der Waals surface area contributed by atoms with Crippen LogP contribution in [0.4, 0.5) is 5.69 Å². The van der Waals surface area contributed by atoms with Gasteiger partial charge in [0, 0.05) is 22.7 Å². The molecule has 22 heavy (non-hydrogen) atoms. The predicted octanol–water partition coefficient (Wildman–Crippen LogP) is 3.93. The lowest BCUT2D eigenvalue weighted by atomic mass is 9.96. The van der Waals surface area contributed by atoms with Crippen molar-refractivity contribution >= 4 is 22.9 Å². The van der Waals surface area contributed by atoms with Gasteiger partial charge in [-0.3, -0.25) is 9.78 Å². The number of hydrogen-bond acceptors (Lipinski definition) is 4. The lowest BCUT2D eigenvalue weighted by molar-refractivity contribution is 0.102. The fourth-order valence-corrected chi connectivity index (χ4v) is 3.95. The van der Waals surface area contributed by atoms with Crippen LogP contribution in [0.5, 0.6) is 0 Å². The number of aromatic nitrogens is 1. The van der Waals surface area contributed by atoms with Crippen LogP contribution < -0.4 is 5.32 Å². The zero-order chi connectivity index (χ0) is 15.4. The molecule has 0 aromatic carbocycles. The first-order valence-electron chi connectivity index (χ1n) is 7.54. The summed E-state index contributed by atoms with van der Waals surface area (Å²) in [7, 11) is 0. The first-order valence-corrected chi connectivity index (χ1v) is 8.42. The lowest BCUT2D eigenvalue weighted by Crippen LogP contribution is -2.14. The number of pyridine rings is 1. The van der Waals surface area contributed by atoms with Crippen molar-refractivity contribution in [3.63, 3.8) is 0 Å². The number of carbonyl (C=O) groups excluding carboxylic acids is 1. The van der Waals surface area contributed by atoms with Gasteiger partial charge in [-0.25, -0.2) is 0 Å². The average Bonchev–Trinajstić information content (AvgIpc) is 2.89. The summed E-state index contributed by atoms with van der Waals surface area (Å²) in [5.74, 6) is -0.124. The van der Waals surface area contributed by atoms with E-state index < -0.39 is 0 Å². The van der Waals surface area contributed by atoms with E-state index in [9.17, 15) is 4.79 Å². The molecule has 0 radical (unpaired) electrons. The standard InChI is InChI=1S/C17H17N3OS/c18-9-12-10-19-8-7-15(12)20-17(21)14-11-22-16-6-4-2-1-3-5-13(14)16/h7-8,10-11H,1-6H2,(H,19,20,21). The molecule has 2 heterocycles. The van der Waals surface area contributed by atoms with Crippen LogP contribution in [-0.4, -0.2) is 10.9 Å². The Bertz CT molecular complexity index is 730. The monoisotopic (exact) mass is 311 g/mol. The number of anilines is 1. The summed E-state index contributed by atoms with van der Waals surface area (Å²) in [5.41, 5.74) is 2.87. The van der Waals surface area contributed by atoms with Crippen LogP contribution in [0.3, 0.4) is 0 Å². The van der Waals surface area contributed by atoms with E-state index in [1.165, 1.54) is 35.9 Å². The normalized spacial score (nSPS) is 14.3. The van der Waals surface area contributed by atoms with E-state index in [0.717, 1.165) is 24.8 Å². The van der Waals surface area contributed by atoms with Crippen molar-refractivity contribution in [1.29, 1.82) is 5.26 Å². The molecule has 0 spiro atoms. The molecule has 1 N–H and O–H groups in total. The third-order valence-corrected chi connectivity index (χ3v) is 5.08. The number of nitrogens with zero attached hydrogens (tertiary/aromatic N) is 2. The van der Waals surface area contributed by atoms with Crippen molar-refractivity contribution in [1.82, 2.24) is 4.98 Å². The van der Waals surface area contributed by atoms with Gasteiger partial charge in [0.2, 0.25) is 0 Å². The molecule has 0 unspecified atom stereocenters. The summed E-state index contributed by atoms with van der Waals surface area (Å²) in [6.07, 6.45) is 9.96. The third kappa shape index (κ3) is 3.02. The number of amides is 1. The van der Waals surface area contributed by atoms with Crippen LogP contribution in [-0.2, 0) is 12.8 Å². The minimum absolute atomic E-state index is 0.124. The number of hydrogen-bond donors (Lipinski definition) is 1. The molecule has 2 aromatic heterocycles. The number of carbonyl (C=O) groups is 1. The summed E-state index contributed by atoms with van der Waals surface area (Å²) in [6.45, 7) is 0. The highest BCUT2D eigenvalue weighted by molar-refractivity contribution is 7.10. The van der Waals surface area contributed by atoms with Crippen LogP contribution in [0.25, 0.3) is 0 Å². The van der Waals surface area contributed by atoms with Crippen LogP contribution in [0.1, 0.15) is 52.0 Å². The van der Waals surface area contributed by atoms with Gasteiger partial charge in [0.25, 0.3) is 5.91 Å². The fourth-order valence-electron chi connectivity index (χ4n) is 2.82. The molecular weight excluding hydrogens is 294 g/mol. The largest absolute Gasteiger partial charge is 0.321 e. The van der Waals surface area contributed by atoms with Crippen molar-refractivity contribution in [3.8, 4) is 6.07 Å². The zero-order valence-electron chi connectivity index (χ0n) is 12.3. The summed E-state index contributed by atoms with van der Waals surface area (Å²) in [4.78, 5) is 17.8. The van der Waals surface area contributed by atoms with E-state index in [4.69, 9.17) is 5.26 Å². The molecule has 0 saturated carbocycles. The first kappa shape index (κ1) is 14.7. The molecular formula is C17H17N3OS. The molecule has 0 aliphatic heterocycles. The Morgan fingerprint density at radius 1 is 1.27 bits per heavy atom. The Morgan fingerprint density at radius 3 is 2.91 bits per heavy atom. The van der Waals surface area contributed by atoms with E-state index in [0.29, 0.717) is 11.3 Å². The molecule has 0 bridgehead atoms. The molecule has 0 fully saturated rings. The van der Waals surface area contributed by atoms with Gasteiger partial charge < -0.3 is 5.32 Å². The van der Waals surface area contributed by atoms with E-state index >= 15 is 0 Å². The van der Waals surface area contributed by atoms with Crippen LogP contribution in [0, 0.1) is 11.3 Å². The van der Waals surface area contributed by atoms with E-state index in [2.05, 4.69) is 16.4 Å². The van der Waals surface area contributed by atoms with Crippen molar-refractivity contribution in [3.05, 3.63) is 45.4 Å². The van der Waals surface area contributed by atoms with Crippen molar-refractivity contribution in [2.45, 2.75) is 38.5 Å². The molecule has 3 rings (SSSR count). The minimum Gasteiger partial charge on any atom is -0.321 e. The fraction of sp³-hybridized carbons (Fsp3) is 0.353. The van der Waals surface area contributed by atoms with Gasteiger partial charge in [0.15, 0.2) is 0 Å². The van der Waals surface area contributed by atoms with Gasteiger partial charge >= 0.3 is 0 Å². The molecule has 112 valence electrons. The highest BCUT2D eigenvalue weighted by Gasteiger charge is 2.19. The Balaban J connectivity index is 1.85. The molecule has 5 heteroatoms. The molecule has 4 nitrogen and oxygen atoms in total. The maximum atomic E-state index is 12.6. The van der Waals surface area contributed by atoms with Gasteiger partial charge in [0.1, 0.15) is 6.07 Å². The maximum Gasteiger partial charge on any atom is 0.256 e. The van der Waals surface area contributed by atoms with Gasteiger partial charge in [-0.15, -0.1) is 11.3 Å². The number of aryl methyl sites for hydroxylation is 1. The summed E-state index contributed by atoms with van der Waals surface area (Å²) in [6, 6.07) is 3.71. The third-order valence-electron chi connectivity index (χ3n) is 4.00. The second-order valence-electron chi connectivity index (χ2n) is 5.45. The van der Waals surface area contributed by atoms with Crippen molar-refractivity contribution in [2.75, 3.05) is 5.32 Å². The quantitative estimate of drug-likeness (QED) is 0.914. The minimum atomic E-state index is -0.124. The number of rotatable bonds is 2. The predicted molar refractivity (Wildman–Crippen MR) is 87.1 cm³/mol. The molecule has 1 aliphatic rings. The molecule has 0 atom stereocenters. The lowest BCUT2D eigenvalue weighted by Gasteiger charge is -2.12. The summed E-state index contributed by atoms with van der Waals surface area (Å²) >= 11 is 1.69. The Morgan fingerprint density at radius 2 is 2.09 bits per heavy atom. The van der Waals surface area contributed by atoms with Crippen LogP contribution >= 0.6 is 11.3 Å². The zero-order valence-corrected chi connectivity index (χ0v) is 13.1. The van der Waals surface area contributed by atoms with Crippen LogP contribution in [0.2, 0.25) is 0 Å². The average molecular weight is 311 g/mol. The van der Waals surface area contributed by atoms with Crippen molar-refractivity contribution in [2.24, 2.45) is 0 Å². The molecule has 2 aromatic rings. The molecule has 0 saturated heterocycles. The Labute approximate surface area is 133 Å². The van der Waals surface area contributed by atoms with Gasteiger partial charge in [-0.05, 0) is 37.3 Å². The molecule has 1 aliphatic carbocycles. The van der Waals surface area contributed by atoms with Crippen LogP contribution in [0.15, 0.2) is 23.8 Å². The maximum absolute atomic E-state index is 12.6. The second-order valence-corrected chi connectivity index (χ2v) is 6.42. The first-order chi connectivity index (χ1) is 10.8. The number of fused-ring (bicyclic) bond motifs is 1. The molecule has 1 amide bonds. The highest BCUT2D eigenvalue weighted by atomic mass is 32.1. The second kappa shape index (κ2) is 6.71. The van der Waals surface area contributed by atoms with Crippen molar-refractivity contribution < 1.29 is 4.79 Å². The summed E-state index contributed by atoms with van der Waals surface area (Å²) in [5, 5.41) is 13.9. The summed E-state index contributed by atoms with van der Waals surface area (Å²) < 4.78 is 0. The van der Waals surface area contributed by atoms with E-state index in [1.54, 1.807) is 23.6 Å². The van der Waals surface area contributed by atoms with Gasteiger partial charge in [0.05, 0.1) is 16.8 Å². The number of thiophene rings is 1. The van der Waals surface area contributed by atoms with Gasteiger partial charge in [-0.2, -0.15) is 5.26 Å². The topological polar surface area (TPSA) is 65.8 Å². The SMILES string of the molecule is N#Cc1cnccc1NC(=O)c1csc2c1CCCCCC2. The smallest absolute Gasteiger partial charge is 0.256 e. The Kier molecular flexibility index (Phi) is 4.50. The van der Waals surface area contributed by atoms with E-state index in [-0.39, 0.29) is 5.91 Å². The number of nitriles is 1. The number of nitrogens with one attached hydrogen (secondary N) is 1. The van der Waals surface area contributed by atoms with Gasteiger partial charge in [-0.1, -0.05) is 12.8 Å².